The fourth-order valence-electron chi connectivity index (χ4n) is 0.826. The molecular formula is C8H6BrClF2O. The van der Waals surface area contributed by atoms with Crippen LogP contribution in [0.1, 0.15) is 5.56 Å². The van der Waals surface area contributed by atoms with E-state index in [4.69, 9.17) is 0 Å². The van der Waals surface area contributed by atoms with Crippen LogP contribution in [-0.4, -0.2) is 5.57 Å². The van der Waals surface area contributed by atoms with Gasteiger partial charge in [-0.2, -0.15) is 0 Å². The van der Waals surface area contributed by atoms with Crippen molar-refractivity contribution >= 4 is 27.5 Å². The summed E-state index contributed by atoms with van der Waals surface area (Å²) in [4.78, 5) is 0. The van der Waals surface area contributed by atoms with Crippen LogP contribution in [0, 0.1) is 0 Å². The Balaban J connectivity index is 2.78. The summed E-state index contributed by atoms with van der Waals surface area (Å²) in [7, 11) is 0. The molecule has 1 aromatic rings. The maximum Gasteiger partial charge on any atom is 0.487 e. The molecule has 13 heavy (non-hydrogen) atoms. The van der Waals surface area contributed by atoms with Crippen LogP contribution in [0.4, 0.5) is 8.78 Å². The van der Waals surface area contributed by atoms with Crippen molar-refractivity contribution < 1.29 is 13.5 Å². The van der Waals surface area contributed by atoms with Crippen molar-refractivity contribution in [3.63, 3.8) is 0 Å². The number of rotatable bonds is 3. The zero-order chi connectivity index (χ0) is 9.90. The Kier molecular flexibility index (Phi) is 3.50. The molecular weight excluding hydrogens is 265 g/mol. The zero-order valence-corrected chi connectivity index (χ0v) is 8.78. The first-order valence-corrected chi connectivity index (χ1v) is 4.92. The van der Waals surface area contributed by atoms with Gasteiger partial charge in [0, 0.05) is 16.9 Å². The smallest absolute Gasteiger partial charge is 0.420 e. The molecule has 5 heteroatoms. The Labute approximate surface area is 87.8 Å². The molecule has 0 aliphatic rings. The van der Waals surface area contributed by atoms with Crippen LogP contribution < -0.4 is 4.74 Å². The van der Waals surface area contributed by atoms with E-state index in [9.17, 15) is 8.78 Å². The minimum absolute atomic E-state index is 0.0527. The first kappa shape index (κ1) is 10.7. The lowest BCUT2D eigenvalue weighted by Crippen LogP contribution is -2.15. The third-order valence-electron chi connectivity index (χ3n) is 1.29. The summed E-state index contributed by atoms with van der Waals surface area (Å²) in [5.41, 5.74) is -2.80. The van der Waals surface area contributed by atoms with Crippen molar-refractivity contribution in [2.45, 2.75) is 10.9 Å². The highest BCUT2D eigenvalue weighted by molar-refractivity contribution is 9.08. The number of benzene rings is 1. The van der Waals surface area contributed by atoms with E-state index in [1.54, 1.807) is 12.1 Å². The lowest BCUT2D eigenvalue weighted by molar-refractivity contribution is -0.0964. The topological polar surface area (TPSA) is 9.23 Å². The van der Waals surface area contributed by atoms with Gasteiger partial charge in [0.1, 0.15) is 5.75 Å². The van der Waals surface area contributed by atoms with Crippen molar-refractivity contribution in [2.24, 2.45) is 0 Å². The summed E-state index contributed by atoms with van der Waals surface area (Å²) >= 11 is 7.79. The average Bonchev–Trinajstić information content (AvgIpc) is 2.01. The van der Waals surface area contributed by atoms with Crippen molar-refractivity contribution in [1.29, 1.82) is 0 Å². The second kappa shape index (κ2) is 4.24. The number of hydrogen-bond acceptors (Lipinski definition) is 1. The Morgan fingerprint density at radius 1 is 1.46 bits per heavy atom. The van der Waals surface area contributed by atoms with E-state index in [2.05, 4.69) is 32.3 Å². The standard InChI is InChI=1S/C8H6BrClF2O/c9-5-6-2-1-3-7(4-6)13-8(10,11)12/h1-4H,5H2. The summed E-state index contributed by atoms with van der Waals surface area (Å²) in [5.74, 6) is 0.0527. The quantitative estimate of drug-likeness (QED) is 0.761. The molecule has 0 fully saturated rings. The van der Waals surface area contributed by atoms with Crippen LogP contribution in [0.25, 0.3) is 0 Å². The van der Waals surface area contributed by atoms with Gasteiger partial charge in [0.05, 0.1) is 0 Å². The Bertz CT molecular complexity index is 288. The summed E-state index contributed by atoms with van der Waals surface area (Å²) in [6, 6.07) is 6.32. The van der Waals surface area contributed by atoms with E-state index in [-0.39, 0.29) is 5.75 Å². The summed E-state index contributed by atoms with van der Waals surface area (Å²) in [6.07, 6.45) is 0. The second-order valence-corrected chi connectivity index (χ2v) is 3.33. The molecule has 0 radical (unpaired) electrons. The lowest BCUT2D eigenvalue weighted by Gasteiger charge is -2.10. The van der Waals surface area contributed by atoms with E-state index in [0.717, 1.165) is 5.56 Å². The second-order valence-electron chi connectivity index (χ2n) is 2.33. The van der Waals surface area contributed by atoms with Crippen LogP contribution in [0.2, 0.25) is 0 Å². The SMILES string of the molecule is FC(F)(Cl)Oc1cccc(CBr)c1. The Morgan fingerprint density at radius 2 is 2.15 bits per heavy atom. The molecule has 0 heterocycles. The van der Waals surface area contributed by atoms with Gasteiger partial charge in [0.2, 0.25) is 0 Å². The van der Waals surface area contributed by atoms with Gasteiger partial charge < -0.3 is 4.74 Å². The highest BCUT2D eigenvalue weighted by Gasteiger charge is 2.27. The van der Waals surface area contributed by atoms with Gasteiger partial charge >= 0.3 is 5.57 Å². The van der Waals surface area contributed by atoms with Gasteiger partial charge in [-0.05, 0) is 17.7 Å². The highest BCUT2D eigenvalue weighted by Crippen LogP contribution is 2.25. The van der Waals surface area contributed by atoms with E-state index in [1.807, 2.05) is 0 Å². The molecule has 0 saturated heterocycles. The van der Waals surface area contributed by atoms with Crippen LogP contribution in [0.3, 0.4) is 0 Å². The number of halogens is 4. The van der Waals surface area contributed by atoms with Gasteiger partial charge in [0.25, 0.3) is 0 Å². The number of hydrogen-bond donors (Lipinski definition) is 0. The van der Waals surface area contributed by atoms with Crippen molar-refractivity contribution in [3.05, 3.63) is 29.8 Å². The van der Waals surface area contributed by atoms with Crippen LogP contribution in [0.5, 0.6) is 5.75 Å². The van der Waals surface area contributed by atoms with Gasteiger partial charge in [-0.1, -0.05) is 28.1 Å². The summed E-state index contributed by atoms with van der Waals surface area (Å²) in [5, 5.41) is 0.581. The van der Waals surface area contributed by atoms with Crippen molar-refractivity contribution in [1.82, 2.24) is 0 Å². The van der Waals surface area contributed by atoms with Gasteiger partial charge in [0.15, 0.2) is 0 Å². The fraction of sp³-hybridized carbons (Fsp3) is 0.250. The Hall–Kier alpha value is -0.350. The van der Waals surface area contributed by atoms with Gasteiger partial charge in [-0.15, -0.1) is 8.78 Å². The predicted molar refractivity (Wildman–Crippen MR) is 50.5 cm³/mol. The van der Waals surface area contributed by atoms with Gasteiger partial charge in [-0.25, -0.2) is 0 Å². The summed E-state index contributed by atoms with van der Waals surface area (Å²) < 4.78 is 28.5. The normalized spacial score (nSPS) is 11.4. The summed E-state index contributed by atoms with van der Waals surface area (Å²) in [6.45, 7) is 0. The molecule has 0 unspecified atom stereocenters. The fourth-order valence-corrected chi connectivity index (χ4v) is 1.26. The number of alkyl halides is 4. The zero-order valence-electron chi connectivity index (χ0n) is 6.44. The average molecular weight is 271 g/mol. The highest BCUT2D eigenvalue weighted by atomic mass is 79.9. The third kappa shape index (κ3) is 3.91. The van der Waals surface area contributed by atoms with E-state index >= 15 is 0 Å². The number of ether oxygens (including phenoxy) is 1. The first-order valence-electron chi connectivity index (χ1n) is 3.42. The molecule has 0 aliphatic carbocycles. The lowest BCUT2D eigenvalue weighted by atomic mass is 10.2. The molecule has 0 bridgehead atoms. The molecule has 1 nitrogen and oxygen atoms in total. The third-order valence-corrected chi connectivity index (χ3v) is 2.01. The molecule has 0 spiro atoms. The van der Waals surface area contributed by atoms with E-state index < -0.39 is 5.57 Å². The molecule has 72 valence electrons. The van der Waals surface area contributed by atoms with Crippen molar-refractivity contribution in [3.8, 4) is 5.75 Å². The molecule has 0 aromatic heterocycles. The largest absolute Gasteiger partial charge is 0.487 e. The van der Waals surface area contributed by atoms with E-state index in [0.29, 0.717) is 5.33 Å². The van der Waals surface area contributed by atoms with Gasteiger partial charge in [-0.3, -0.25) is 0 Å². The predicted octanol–water partition coefficient (Wildman–Crippen LogP) is 3.75. The van der Waals surface area contributed by atoms with Crippen LogP contribution in [-0.2, 0) is 5.33 Å². The van der Waals surface area contributed by atoms with Crippen LogP contribution >= 0.6 is 27.5 Å². The molecule has 1 aromatic carbocycles. The molecule has 0 aliphatic heterocycles. The monoisotopic (exact) mass is 270 g/mol. The maximum atomic E-state index is 12.2. The maximum absolute atomic E-state index is 12.2. The molecule has 0 saturated carbocycles. The molecule has 1 rings (SSSR count). The minimum Gasteiger partial charge on any atom is -0.420 e. The Morgan fingerprint density at radius 3 is 2.69 bits per heavy atom. The van der Waals surface area contributed by atoms with Crippen LogP contribution in [0.15, 0.2) is 24.3 Å². The first-order chi connectivity index (χ1) is 6.01. The molecule has 0 amide bonds. The minimum atomic E-state index is -3.65. The van der Waals surface area contributed by atoms with Crippen molar-refractivity contribution in [2.75, 3.05) is 0 Å². The molecule has 0 N–H and O–H groups in total. The molecule has 0 atom stereocenters. The van der Waals surface area contributed by atoms with E-state index in [1.165, 1.54) is 12.1 Å².